The summed E-state index contributed by atoms with van der Waals surface area (Å²) in [5, 5.41) is 6.00. The molecule has 0 aromatic heterocycles. The van der Waals surface area contributed by atoms with E-state index in [1.165, 1.54) is 27.2 Å². The van der Waals surface area contributed by atoms with Crippen molar-refractivity contribution in [3.63, 3.8) is 0 Å². The number of rotatable bonds is 7. The zero-order valence-electron chi connectivity index (χ0n) is 16.2. The first-order valence-electron chi connectivity index (χ1n) is 8.61. The Hall–Kier alpha value is -2.99. The molecule has 2 aromatic rings. The lowest BCUT2D eigenvalue weighted by Gasteiger charge is -2.14. The molecule has 1 atom stereocenters. The average Bonchev–Trinajstić information content (AvgIpc) is 2.65. The highest BCUT2D eigenvalue weighted by Gasteiger charge is 2.11. The smallest absolute Gasteiger partial charge is 0.244 e. The SMILES string of the molecule is COc1cc(/C=C/C(=O)NC(C)c2cccc(NC(C)=O)c2)cc(Cl)c1OC. The predicted molar refractivity (Wildman–Crippen MR) is 111 cm³/mol. The molecule has 0 bridgehead atoms. The van der Waals surface area contributed by atoms with E-state index in [1.54, 1.807) is 24.3 Å². The van der Waals surface area contributed by atoms with Crippen molar-refractivity contribution in [2.45, 2.75) is 19.9 Å². The zero-order chi connectivity index (χ0) is 20.7. The monoisotopic (exact) mass is 402 g/mol. The minimum absolute atomic E-state index is 0.148. The summed E-state index contributed by atoms with van der Waals surface area (Å²) in [5.41, 5.74) is 2.27. The first kappa shape index (κ1) is 21.3. The van der Waals surface area contributed by atoms with Gasteiger partial charge in [-0.1, -0.05) is 23.7 Å². The first-order valence-corrected chi connectivity index (χ1v) is 8.99. The summed E-state index contributed by atoms with van der Waals surface area (Å²) in [6.07, 6.45) is 3.06. The van der Waals surface area contributed by atoms with E-state index in [4.69, 9.17) is 21.1 Å². The Morgan fingerprint density at radius 1 is 1.14 bits per heavy atom. The molecule has 2 rings (SSSR count). The molecule has 0 saturated carbocycles. The Morgan fingerprint density at radius 3 is 2.54 bits per heavy atom. The highest BCUT2D eigenvalue weighted by Crippen LogP contribution is 2.36. The van der Waals surface area contributed by atoms with Crippen LogP contribution in [0.2, 0.25) is 5.02 Å². The molecule has 28 heavy (non-hydrogen) atoms. The third kappa shape index (κ3) is 5.76. The van der Waals surface area contributed by atoms with Gasteiger partial charge in [-0.3, -0.25) is 9.59 Å². The van der Waals surface area contributed by atoms with Crippen molar-refractivity contribution < 1.29 is 19.1 Å². The van der Waals surface area contributed by atoms with E-state index < -0.39 is 0 Å². The zero-order valence-corrected chi connectivity index (χ0v) is 17.0. The normalized spacial score (nSPS) is 11.8. The van der Waals surface area contributed by atoms with Crippen molar-refractivity contribution in [3.05, 3.63) is 58.6 Å². The lowest BCUT2D eigenvalue weighted by atomic mass is 10.1. The molecule has 2 N–H and O–H groups in total. The molecular weight excluding hydrogens is 380 g/mol. The van der Waals surface area contributed by atoms with Crippen molar-refractivity contribution in [1.29, 1.82) is 0 Å². The van der Waals surface area contributed by atoms with Gasteiger partial charge in [0.1, 0.15) is 0 Å². The molecular formula is C21H23ClN2O4. The molecule has 148 valence electrons. The fraction of sp³-hybridized carbons (Fsp3) is 0.238. The Morgan fingerprint density at radius 2 is 1.89 bits per heavy atom. The third-order valence-corrected chi connectivity index (χ3v) is 4.23. The number of nitrogens with one attached hydrogen (secondary N) is 2. The van der Waals surface area contributed by atoms with Gasteiger partial charge in [-0.25, -0.2) is 0 Å². The highest BCUT2D eigenvalue weighted by molar-refractivity contribution is 6.32. The summed E-state index contributed by atoms with van der Waals surface area (Å²) in [4.78, 5) is 23.5. The van der Waals surface area contributed by atoms with Gasteiger partial charge in [0.2, 0.25) is 11.8 Å². The van der Waals surface area contributed by atoms with Crippen LogP contribution in [0.15, 0.2) is 42.5 Å². The van der Waals surface area contributed by atoms with Crippen LogP contribution in [0.5, 0.6) is 11.5 Å². The molecule has 0 aliphatic carbocycles. The quantitative estimate of drug-likeness (QED) is 0.680. The number of hydrogen-bond donors (Lipinski definition) is 2. The third-order valence-electron chi connectivity index (χ3n) is 3.95. The molecule has 2 amide bonds. The standard InChI is InChI=1S/C21H23ClN2O4/c1-13(16-6-5-7-17(12-16)24-14(2)25)23-20(26)9-8-15-10-18(22)21(28-4)19(11-15)27-3/h5-13H,1-4H3,(H,23,26)(H,24,25)/b9-8+. The number of carbonyl (C=O) groups excluding carboxylic acids is 2. The molecule has 0 heterocycles. The maximum absolute atomic E-state index is 12.3. The molecule has 0 aliphatic heterocycles. The molecule has 1 unspecified atom stereocenters. The number of benzene rings is 2. The number of ether oxygens (including phenoxy) is 2. The maximum Gasteiger partial charge on any atom is 0.244 e. The summed E-state index contributed by atoms with van der Waals surface area (Å²) >= 11 is 6.17. The van der Waals surface area contributed by atoms with Gasteiger partial charge in [0.25, 0.3) is 0 Å². The van der Waals surface area contributed by atoms with E-state index in [0.29, 0.717) is 27.8 Å². The van der Waals surface area contributed by atoms with Crippen molar-refractivity contribution in [3.8, 4) is 11.5 Å². The van der Waals surface area contributed by atoms with Crippen molar-refractivity contribution >= 4 is 35.2 Å². The van der Waals surface area contributed by atoms with E-state index >= 15 is 0 Å². The number of anilines is 1. The summed E-state index contributed by atoms with van der Waals surface area (Å²) in [5.74, 6) is 0.519. The molecule has 0 spiro atoms. The van der Waals surface area contributed by atoms with Crippen LogP contribution in [0, 0.1) is 0 Å². The van der Waals surface area contributed by atoms with Crippen LogP contribution in [0.25, 0.3) is 6.08 Å². The van der Waals surface area contributed by atoms with Gasteiger partial charge in [-0.05, 0) is 48.4 Å². The fourth-order valence-electron chi connectivity index (χ4n) is 2.64. The van der Waals surface area contributed by atoms with Crippen LogP contribution in [-0.2, 0) is 9.59 Å². The lowest BCUT2D eigenvalue weighted by molar-refractivity contribution is -0.117. The van der Waals surface area contributed by atoms with Crippen molar-refractivity contribution in [1.82, 2.24) is 5.32 Å². The van der Waals surface area contributed by atoms with Crippen LogP contribution in [0.3, 0.4) is 0 Å². The van der Waals surface area contributed by atoms with E-state index in [0.717, 1.165) is 5.56 Å². The molecule has 6 nitrogen and oxygen atoms in total. The average molecular weight is 403 g/mol. The van der Waals surface area contributed by atoms with Gasteiger partial charge in [0, 0.05) is 18.7 Å². The van der Waals surface area contributed by atoms with Crippen LogP contribution in [0.4, 0.5) is 5.69 Å². The Labute approximate surface area is 169 Å². The number of methoxy groups -OCH3 is 2. The predicted octanol–water partition coefficient (Wildman–Crippen LogP) is 4.21. The van der Waals surface area contributed by atoms with Gasteiger partial charge in [0.15, 0.2) is 11.5 Å². The fourth-order valence-corrected chi connectivity index (χ4v) is 2.94. The molecule has 7 heteroatoms. The molecule has 0 saturated heterocycles. The van der Waals surface area contributed by atoms with Crippen LogP contribution >= 0.6 is 11.6 Å². The number of halogens is 1. The Bertz CT molecular complexity index is 896. The number of amides is 2. The van der Waals surface area contributed by atoms with Gasteiger partial charge < -0.3 is 20.1 Å². The summed E-state index contributed by atoms with van der Waals surface area (Å²) in [6, 6.07) is 10.5. The molecule has 0 fully saturated rings. The van der Waals surface area contributed by atoms with E-state index in [2.05, 4.69) is 10.6 Å². The first-order chi connectivity index (χ1) is 13.3. The number of hydrogen-bond acceptors (Lipinski definition) is 4. The summed E-state index contributed by atoms with van der Waals surface area (Å²) in [6.45, 7) is 3.31. The maximum atomic E-state index is 12.3. The molecule has 2 aromatic carbocycles. The van der Waals surface area contributed by atoms with E-state index in [-0.39, 0.29) is 17.9 Å². The van der Waals surface area contributed by atoms with E-state index in [9.17, 15) is 9.59 Å². The van der Waals surface area contributed by atoms with Gasteiger partial charge in [-0.2, -0.15) is 0 Å². The molecule has 0 aliphatic rings. The van der Waals surface area contributed by atoms with Crippen LogP contribution in [-0.4, -0.2) is 26.0 Å². The largest absolute Gasteiger partial charge is 0.493 e. The summed E-state index contributed by atoms with van der Waals surface area (Å²) < 4.78 is 10.4. The lowest BCUT2D eigenvalue weighted by Crippen LogP contribution is -2.24. The minimum Gasteiger partial charge on any atom is -0.493 e. The van der Waals surface area contributed by atoms with Crippen molar-refractivity contribution in [2.75, 3.05) is 19.5 Å². The van der Waals surface area contributed by atoms with Gasteiger partial charge >= 0.3 is 0 Å². The van der Waals surface area contributed by atoms with Gasteiger partial charge in [0.05, 0.1) is 25.3 Å². The van der Waals surface area contributed by atoms with Crippen molar-refractivity contribution in [2.24, 2.45) is 0 Å². The Kier molecular flexibility index (Phi) is 7.46. The summed E-state index contributed by atoms with van der Waals surface area (Å²) in [7, 11) is 3.03. The Balaban J connectivity index is 2.07. The second-order valence-electron chi connectivity index (χ2n) is 6.11. The molecule has 0 radical (unpaired) electrons. The van der Waals surface area contributed by atoms with E-state index in [1.807, 2.05) is 25.1 Å². The highest BCUT2D eigenvalue weighted by atomic mass is 35.5. The topological polar surface area (TPSA) is 76.7 Å². The number of carbonyl (C=O) groups is 2. The second-order valence-corrected chi connectivity index (χ2v) is 6.52. The minimum atomic E-state index is -0.261. The van der Waals surface area contributed by atoms with Crippen LogP contribution < -0.4 is 20.1 Å². The van der Waals surface area contributed by atoms with Crippen LogP contribution in [0.1, 0.15) is 31.0 Å². The second kappa shape index (κ2) is 9.80. The van der Waals surface area contributed by atoms with Gasteiger partial charge in [-0.15, -0.1) is 0 Å².